The molecule has 0 amide bonds. The quantitative estimate of drug-likeness (QED) is 0.794. The summed E-state index contributed by atoms with van der Waals surface area (Å²) in [6, 6.07) is 11.4. The Labute approximate surface area is 121 Å². The molecule has 2 unspecified atom stereocenters. The predicted molar refractivity (Wildman–Crippen MR) is 75.9 cm³/mol. The van der Waals surface area contributed by atoms with Crippen LogP contribution in [0.4, 0.5) is 4.39 Å². The van der Waals surface area contributed by atoms with Gasteiger partial charge in [-0.05, 0) is 30.7 Å². The van der Waals surface area contributed by atoms with Crippen LogP contribution in [0.5, 0.6) is 5.75 Å². The summed E-state index contributed by atoms with van der Waals surface area (Å²) in [7, 11) is 0. The van der Waals surface area contributed by atoms with Crippen LogP contribution in [-0.4, -0.2) is 5.11 Å². The molecule has 1 heterocycles. The van der Waals surface area contributed by atoms with Crippen molar-refractivity contribution in [2.75, 3.05) is 0 Å². The van der Waals surface area contributed by atoms with Crippen LogP contribution in [0.1, 0.15) is 29.6 Å². The first-order valence-electron chi connectivity index (χ1n) is 6.39. The molecule has 0 aromatic heterocycles. The second kappa shape index (κ2) is 5.40. The molecule has 2 atom stereocenters. The third-order valence-corrected chi connectivity index (χ3v) is 3.78. The van der Waals surface area contributed by atoms with Crippen LogP contribution < -0.4 is 10.9 Å². The number of benzene rings is 2. The van der Waals surface area contributed by atoms with Crippen molar-refractivity contribution in [3.8, 4) is 5.75 Å². The molecule has 104 valence electrons. The summed E-state index contributed by atoms with van der Waals surface area (Å²) in [5.74, 6) is -0.0503. The third-order valence-electron chi connectivity index (χ3n) is 3.55. The van der Waals surface area contributed by atoms with E-state index in [1.54, 1.807) is 30.3 Å². The Bertz CT molecular complexity index is 635. The van der Waals surface area contributed by atoms with Crippen LogP contribution in [0.2, 0.25) is 5.02 Å². The summed E-state index contributed by atoms with van der Waals surface area (Å²) in [6.45, 7) is 0. The molecular weight excluding hydrogens is 279 g/mol. The zero-order valence-electron chi connectivity index (χ0n) is 10.6. The fraction of sp³-hybridized carbons (Fsp3) is 0.200. The first-order valence-corrected chi connectivity index (χ1v) is 6.77. The van der Waals surface area contributed by atoms with Gasteiger partial charge in [0.2, 0.25) is 0 Å². The molecule has 20 heavy (non-hydrogen) atoms. The smallest absolute Gasteiger partial charge is 0.128 e. The molecule has 0 bridgehead atoms. The lowest BCUT2D eigenvalue weighted by molar-refractivity contribution is 0.453. The average molecular weight is 293 g/mol. The Morgan fingerprint density at radius 1 is 1.05 bits per heavy atom. The van der Waals surface area contributed by atoms with E-state index in [1.165, 1.54) is 6.07 Å². The highest BCUT2D eigenvalue weighted by molar-refractivity contribution is 6.30. The lowest BCUT2D eigenvalue weighted by Crippen LogP contribution is -2.27. The molecule has 3 nitrogen and oxygen atoms in total. The third kappa shape index (κ3) is 2.50. The molecule has 3 N–H and O–H groups in total. The highest BCUT2D eigenvalue weighted by Gasteiger charge is 2.29. The summed E-state index contributed by atoms with van der Waals surface area (Å²) in [6.07, 6.45) is 0.634. The number of phenolic OH excluding ortho intramolecular Hbond substituents is 1. The number of phenols is 1. The Kier molecular flexibility index (Phi) is 3.61. The van der Waals surface area contributed by atoms with Crippen LogP contribution in [0.25, 0.3) is 0 Å². The van der Waals surface area contributed by atoms with Crippen molar-refractivity contribution in [1.29, 1.82) is 0 Å². The highest BCUT2D eigenvalue weighted by Crippen LogP contribution is 2.36. The summed E-state index contributed by atoms with van der Waals surface area (Å²) >= 11 is 5.95. The molecule has 5 heteroatoms. The van der Waals surface area contributed by atoms with Crippen LogP contribution in [0.15, 0.2) is 42.5 Å². The van der Waals surface area contributed by atoms with E-state index < -0.39 is 0 Å². The molecule has 1 saturated heterocycles. The number of halogens is 2. The molecule has 2 aromatic carbocycles. The SMILES string of the molecule is Oc1ccc(Cl)cc1C1CC(c2ccccc2F)NN1. The monoisotopic (exact) mass is 292 g/mol. The summed E-state index contributed by atoms with van der Waals surface area (Å²) in [4.78, 5) is 0. The van der Waals surface area contributed by atoms with Crippen molar-refractivity contribution in [3.63, 3.8) is 0 Å². The fourth-order valence-corrected chi connectivity index (χ4v) is 2.71. The molecule has 2 aromatic rings. The second-order valence-corrected chi connectivity index (χ2v) is 5.29. The maximum absolute atomic E-state index is 13.8. The van der Waals surface area contributed by atoms with Gasteiger partial charge in [-0.15, -0.1) is 0 Å². The molecule has 1 aliphatic rings. The summed E-state index contributed by atoms with van der Waals surface area (Å²) < 4.78 is 13.8. The van der Waals surface area contributed by atoms with Crippen LogP contribution in [0.3, 0.4) is 0 Å². The van der Waals surface area contributed by atoms with E-state index >= 15 is 0 Å². The van der Waals surface area contributed by atoms with Crippen molar-refractivity contribution >= 4 is 11.6 Å². The van der Waals surface area contributed by atoms with Crippen molar-refractivity contribution in [2.45, 2.75) is 18.5 Å². The Hall–Kier alpha value is -1.62. The zero-order valence-corrected chi connectivity index (χ0v) is 11.4. The van der Waals surface area contributed by atoms with Gasteiger partial charge in [-0.1, -0.05) is 29.8 Å². The van der Waals surface area contributed by atoms with Gasteiger partial charge in [0.25, 0.3) is 0 Å². The van der Waals surface area contributed by atoms with Gasteiger partial charge < -0.3 is 5.11 Å². The molecule has 3 rings (SSSR count). The van der Waals surface area contributed by atoms with Gasteiger partial charge in [0, 0.05) is 16.1 Å². The van der Waals surface area contributed by atoms with Gasteiger partial charge in [0.15, 0.2) is 0 Å². The predicted octanol–water partition coefficient (Wildman–Crippen LogP) is 3.47. The van der Waals surface area contributed by atoms with Crippen LogP contribution >= 0.6 is 11.6 Å². The van der Waals surface area contributed by atoms with Crippen molar-refractivity contribution in [2.24, 2.45) is 0 Å². The van der Waals surface area contributed by atoms with Gasteiger partial charge >= 0.3 is 0 Å². The maximum atomic E-state index is 13.8. The standard InChI is InChI=1S/C15H14ClFN2O/c16-9-5-6-15(20)11(7-9)14-8-13(18-19-14)10-3-1-2-4-12(10)17/h1-7,13-14,18-20H,8H2. The van der Waals surface area contributed by atoms with E-state index in [-0.39, 0.29) is 23.7 Å². The summed E-state index contributed by atoms with van der Waals surface area (Å²) in [5, 5.41) is 10.5. The molecule has 0 saturated carbocycles. The van der Waals surface area contributed by atoms with E-state index in [1.807, 2.05) is 6.07 Å². The van der Waals surface area contributed by atoms with E-state index in [9.17, 15) is 9.50 Å². The molecule has 1 aliphatic heterocycles. The van der Waals surface area contributed by atoms with Gasteiger partial charge in [-0.25, -0.2) is 15.2 Å². The van der Waals surface area contributed by atoms with Gasteiger partial charge in [-0.2, -0.15) is 0 Å². The van der Waals surface area contributed by atoms with Crippen molar-refractivity contribution in [3.05, 3.63) is 64.4 Å². The zero-order chi connectivity index (χ0) is 14.1. The Morgan fingerprint density at radius 2 is 1.75 bits per heavy atom. The number of hydrazine groups is 1. The van der Waals surface area contributed by atoms with Gasteiger partial charge in [0.05, 0.1) is 12.1 Å². The number of aromatic hydroxyl groups is 1. The number of hydrogen-bond donors (Lipinski definition) is 3. The molecule has 0 spiro atoms. The first-order chi connectivity index (χ1) is 9.65. The van der Waals surface area contributed by atoms with E-state index in [4.69, 9.17) is 11.6 Å². The maximum Gasteiger partial charge on any atom is 0.128 e. The van der Waals surface area contributed by atoms with E-state index in [2.05, 4.69) is 10.9 Å². The minimum atomic E-state index is -0.234. The normalized spacial score (nSPS) is 22.1. The van der Waals surface area contributed by atoms with Gasteiger partial charge in [0.1, 0.15) is 11.6 Å². The average Bonchev–Trinajstić information content (AvgIpc) is 2.91. The summed E-state index contributed by atoms with van der Waals surface area (Å²) in [5.41, 5.74) is 7.47. The Morgan fingerprint density at radius 3 is 2.50 bits per heavy atom. The molecule has 1 fully saturated rings. The van der Waals surface area contributed by atoms with Crippen molar-refractivity contribution < 1.29 is 9.50 Å². The first kappa shape index (κ1) is 13.4. The van der Waals surface area contributed by atoms with Crippen LogP contribution in [-0.2, 0) is 0 Å². The lowest BCUT2D eigenvalue weighted by atomic mass is 9.97. The van der Waals surface area contributed by atoms with Crippen LogP contribution in [0, 0.1) is 5.82 Å². The molecular formula is C15H14ClFN2O. The molecule has 0 radical (unpaired) electrons. The fourth-order valence-electron chi connectivity index (χ4n) is 2.53. The van der Waals surface area contributed by atoms with E-state index in [0.717, 1.165) is 0 Å². The highest BCUT2D eigenvalue weighted by atomic mass is 35.5. The van der Waals surface area contributed by atoms with E-state index in [0.29, 0.717) is 22.6 Å². The number of nitrogens with one attached hydrogen (secondary N) is 2. The largest absolute Gasteiger partial charge is 0.508 e. The second-order valence-electron chi connectivity index (χ2n) is 4.85. The van der Waals surface area contributed by atoms with Crippen molar-refractivity contribution in [1.82, 2.24) is 10.9 Å². The number of hydrogen-bond acceptors (Lipinski definition) is 3. The minimum Gasteiger partial charge on any atom is -0.508 e. The topological polar surface area (TPSA) is 44.3 Å². The lowest BCUT2D eigenvalue weighted by Gasteiger charge is -2.12. The van der Waals surface area contributed by atoms with Gasteiger partial charge in [-0.3, -0.25) is 0 Å². The minimum absolute atomic E-state index is 0.113. The molecule has 0 aliphatic carbocycles. The Balaban J connectivity index is 1.83. The number of rotatable bonds is 2.